The van der Waals surface area contributed by atoms with E-state index in [9.17, 15) is 8.78 Å². The van der Waals surface area contributed by atoms with Gasteiger partial charge in [0.2, 0.25) is 6.43 Å². The quantitative estimate of drug-likeness (QED) is 0.798. The molecular formula is C15H23F2NO2. The molecule has 0 aliphatic rings. The summed E-state index contributed by atoms with van der Waals surface area (Å²) in [5.41, 5.74) is 7.64. The topological polar surface area (TPSA) is 44.5 Å². The lowest BCUT2D eigenvalue weighted by Gasteiger charge is -2.17. The third-order valence-corrected chi connectivity index (χ3v) is 3.32. The van der Waals surface area contributed by atoms with Crippen molar-refractivity contribution in [1.82, 2.24) is 0 Å². The predicted molar refractivity (Wildman–Crippen MR) is 75.8 cm³/mol. The van der Waals surface area contributed by atoms with Crippen LogP contribution in [0.2, 0.25) is 0 Å². The number of benzene rings is 1. The van der Waals surface area contributed by atoms with Crippen molar-refractivity contribution in [2.45, 2.75) is 45.1 Å². The Morgan fingerprint density at radius 2 is 1.65 bits per heavy atom. The maximum absolute atomic E-state index is 12.3. The Labute approximate surface area is 119 Å². The van der Waals surface area contributed by atoms with Crippen LogP contribution in [0.4, 0.5) is 8.78 Å². The number of aryl methyl sites for hydroxylation is 1. The minimum absolute atomic E-state index is 0.0421. The Balaban J connectivity index is 3.03. The summed E-state index contributed by atoms with van der Waals surface area (Å²) in [6.07, 6.45) is -0.715. The van der Waals surface area contributed by atoms with Crippen molar-refractivity contribution in [3.05, 3.63) is 23.3 Å². The third kappa shape index (κ3) is 4.63. The number of hydrogen-bond donors (Lipinski definition) is 1. The van der Waals surface area contributed by atoms with Gasteiger partial charge in [0.05, 0.1) is 14.2 Å². The summed E-state index contributed by atoms with van der Waals surface area (Å²) in [6, 6.07) is 3.66. The van der Waals surface area contributed by atoms with Gasteiger partial charge in [-0.3, -0.25) is 0 Å². The van der Waals surface area contributed by atoms with Gasteiger partial charge in [0.1, 0.15) is 11.5 Å². The lowest BCUT2D eigenvalue weighted by Crippen LogP contribution is -2.21. The van der Waals surface area contributed by atoms with Crippen LogP contribution in [0.5, 0.6) is 11.5 Å². The summed E-state index contributed by atoms with van der Waals surface area (Å²) in [6.45, 7) is 2.02. The van der Waals surface area contributed by atoms with Crippen LogP contribution in [-0.4, -0.2) is 26.7 Å². The number of methoxy groups -OCH3 is 2. The molecule has 1 atom stereocenters. The van der Waals surface area contributed by atoms with Crippen molar-refractivity contribution in [2.75, 3.05) is 14.2 Å². The Kier molecular flexibility index (Phi) is 6.71. The standard InChI is InChI=1S/C15H23F2NO2/c1-4-12(18)7-11-9-13(19-2)10(5-6-15(16)17)8-14(11)20-3/h8-9,12,15H,4-7,18H2,1-3H3. The number of ether oxygens (including phenoxy) is 2. The highest BCUT2D eigenvalue weighted by Gasteiger charge is 2.14. The second kappa shape index (κ2) is 8.04. The molecule has 5 heteroatoms. The van der Waals surface area contributed by atoms with Crippen LogP contribution >= 0.6 is 0 Å². The van der Waals surface area contributed by atoms with E-state index < -0.39 is 6.43 Å². The molecule has 1 aromatic rings. The molecule has 0 fully saturated rings. The molecule has 0 aliphatic carbocycles. The maximum atomic E-state index is 12.3. The van der Waals surface area contributed by atoms with Gasteiger partial charge in [0.25, 0.3) is 0 Å². The highest BCUT2D eigenvalue weighted by Crippen LogP contribution is 2.31. The summed E-state index contributed by atoms with van der Waals surface area (Å²) in [7, 11) is 3.11. The lowest BCUT2D eigenvalue weighted by atomic mass is 9.99. The highest BCUT2D eigenvalue weighted by atomic mass is 19.3. The Morgan fingerprint density at radius 1 is 1.10 bits per heavy atom. The van der Waals surface area contributed by atoms with Gasteiger partial charge in [-0.1, -0.05) is 6.92 Å². The van der Waals surface area contributed by atoms with E-state index in [0.29, 0.717) is 17.9 Å². The Hall–Kier alpha value is -1.36. The van der Waals surface area contributed by atoms with Crippen LogP contribution < -0.4 is 15.2 Å². The van der Waals surface area contributed by atoms with Gasteiger partial charge >= 0.3 is 0 Å². The van der Waals surface area contributed by atoms with E-state index in [0.717, 1.165) is 17.5 Å². The SMILES string of the molecule is CCC(N)Cc1cc(OC)c(CCC(F)F)cc1OC. The number of nitrogens with two attached hydrogens (primary N) is 1. The molecule has 0 heterocycles. The molecule has 0 saturated carbocycles. The number of alkyl halides is 2. The van der Waals surface area contributed by atoms with Crippen molar-refractivity contribution in [1.29, 1.82) is 0 Å². The van der Waals surface area contributed by atoms with Gasteiger partial charge in [0.15, 0.2) is 0 Å². The molecule has 1 rings (SSSR count). The maximum Gasteiger partial charge on any atom is 0.239 e. The van der Waals surface area contributed by atoms with Gasteiger partial charge in [-0.2, -0.15) is 0 Å². The summed E-state index contributed by atoms with van der Waals surface area (Å²) in [4.78, 5) is 0. The first kappa shape index (κ1) is 16.7. The summed E-state index contributed by atoms with van der Waals surface area (Å²) < 4.78 is 35.3. The zero-order chi connectivity index (χ0) is 15.1. The molecule has 20 heavy (non-hydrogen) atoms. The molecule has 0 bridgehead atoms. The lowest BCUT2D eigenvalue weighted by molar-refractivity contribution is 0.138. The number of halogens is 2. The van der Waals surface area contributed by atoms with Gasteiger partial charge in [-0.25, -0.2) is 8.78 Å². The fourth-order valence-electron chi connectivity index (χ4n) is 2.07. The fraction of sp³-hybridized carbons (Fsp3) is 0.600. The second-order valence-electron chi connectivity index (χ2n) is 4.78. The van der Waals surface area contributed by atoms with E-state index in [1.54, 1.807) is 13.2 Å². The molecule has 114 valence electrons. The minimum atomic E-state index is -2.32. The van der Waals surface area contributed by atoms with Crippen molar-refractivity contribution in [2.24, 2.45) is 5.73 Å². The molecule has 0 amide bonds. The first-order valence-corrected chi connectivity index (χ1v) is 6.79. The molecule has 0 spiro atoms. The molecule has 0 radical (unpaired) electrons. The van der Waals surface area contributed by atoms with E-state index in [-0.39, 0.29) is 18.9 Å². The smallest absolute Gasteiger partial charge is 0.239 e. The van der Waals surface area contributed by atoms with Crippen LogP contribution in [0, 0.1) is 0 Å². The zero-order valence-corrected chi connectivity index (χ0v) is 12.3. The first-order valence-electron chi connectivity index (χ1n) is 6.79. The first-order chi connectivity index (χ1) is 9.51. The molecular weight excluding hydrogens is 264 g/mol. The molecule has 0 aliphatic heterocycles. The monoisotopic (exact) mass is 287 g/mol. The normalized spacial score (nSPS) is 12.6. The summed E-state index contributed by atoms with van der Waals surface area (Å²) in [5.74, 6) is 1.30. The molecule has 3 nitrogen and oxygen atoms in total. The average Bonchev–Trinajstić information content (AvgIpc) is 2.44. The van der Waals surface area contributed by atoms with E-state index in [1.807, 2.05) is 13.0 Å². The van der Waals surface area contributed by atoms with E-state index in [4.69, 9.17) is 15.2 Å². The van der Waals surface area contributed by atoms with Gasteiger partial charge < -0.3 is 15.2 Å². The fourth-order valence-corrected chi connectivity index (χ4v) is 2.07. The molecule has 1 unspecified atom stereocenters. The molecule has 2 N–H and O–H groups in total. The second-order valence-corrected chi connectivity index (χ2v) is 4.78. The largest absolute Gasteiger partial charge is 0.496 e. The number of rotatable bonds is 8. The zero-order valence-electron chi connectivity index (χ0n) is 12.3. The van der Waals surface area contributed by atoms with Gasteiger partial charge in [0, 0.05) is 12.5 Å². The van der Waals surface area contributed by atoms with Crippen LogP contribution in [0.1, 0.15) is 30.9 Å². The van der Waals surface area contributed by atoms with E-state index >= 15 is 0 Å². The number of hydrogen-bond acceptors (Lipinski definition) is 3. The van der Waals surface area contributed by atoms with Crippen molar-refractivity contribution in [3.8, 4) is 11.5 Å². The van der Waals surface area contributed by atoms with Crippen LogP contribution in [-0.2, 0) is 12.8 Å². The molecule has 1 aromatic carbocycles. The van der Waals surface area contributed by atoms with E-state index in [2.05, 4.69) is 0 Å². The van der Waals surface area contributed by atoms with Crippen LogP contribution in [0.15, 0.2) is 12.1 Å². The van der Waals surface area contributed by atoms with Crippen LogP contribution in [0.25, 0.3) is 0 Å². The van der Waals surface area contributed by atoms with Crippen molar-refractivity contribution < 1.29 is 18.3 Å². The van der Waals surface area contributed by atoms with Crippen LogP contribution in [0.3, 0.4) is 0 Å². The van der Waals surface area contributed by atoms with Crippen molar-refractivity contribution >= 4 is 0 Å². The Bertz CT molecular complexity index is 425. The molecule has 0 saturated heterocycles. The van der Waals surface area contributed by atoms with Gasteiger partial charge in [-0.15, -0.1) is 0 Å². The highest BCUT2D eigenvalue weighted by molar-refractivity contribution is 5.47. The predicted octanol–water partition coefficient (Wildman–Crippen LogP) is 3.18. The molecule has 0 aromatic heterocycles. The van der Waals surface area contributed by atoms with Crippen molar-refractivity contribution in [3.63, 3.8) is 0 Å². The third-order valence-electron chi connectivity index (χ3n) is 3.32. The average molecular weight is 287 g/mol. The Morgan fingerprint density at radius 3 is 2.15 bits per heavy atom. The summed E-state index contributed by atoms with van der Waals surface area (Å²) >= 11 is 0. The minimum Gasteiger partial charge on any atom is -0.496 e. The van der Waals surface area contributed by atoms with Gasteiger partial charge in [-0.05, 0) is 42.5 Å². The summed E-state index contributed by atoms with van der Waals surface area (Å²) in [5, 5.41) is 0. The van der Waals surface area contributed by atoms with E-state index in [1.165, 1.54) is 7.11 Å².